The third-order valence-electron chi connectivity index (χ3n) is 2.71. The molecular formula is C11H13Cl2NO. The molecule has 1 aliphatic heterocycles. The molecule has 0 amide bonds. The minimum atomic E-state index is 0.324. The topological polar surface area (TPSA) is 12.5 Å². The van der Waals surface area contributed by atoms with Crippen LogP contribution in [0.25, 0.3) is 0 Å². The van der Waals surface area contributed by atoms with Crippen molar-refractivity contribution >= 4 is 28.9 Å². The fourth-order valence-corrected chi connectivity index (χ4v) is 2.32. The number of hydrogen-bond acceptors (Lipinski definition) is 2. The Labute approximate surface area is 99.7 Å². The van der Waals surface area contributed by atoms with Crippen LogP contribution < -0.4 is 4.90 Å². The Hall–Kier alpha value is -0.440. The summed E-state index contributed by atoms with van der Waals surface area (Å²) in [5, 5.41) is 0.766. The third-order valence-corrected chi connectivity index (χ3v) is 3.30. The van der Waals surface area contributed by atoms with E-state index in [0.717, 1.165) is 29.4 Å². The van der Waals surface area contributed by atoms with Crippen molar-refractivity contribution in [2.24, 2.45) is 0 Å². The molecule has 1 aromatic carbocycles. The number of hydrogen-bond donors (Lipinski definition) is 0. The zero-order valence-electron chi connectivity index (χ0n) is 8.54. The van der Waals surface area contributed by atoms with Gasteiger partial charge in [0.1, 0.15) is 0 Å². The Balaban J connectivity index is 2.21. The summed E-state index contributed by atoms with van der Waals surface area (Å²) in [6.45, 7) is 1.79. The van der Waals surface area contributed by atoms with Gasteiger partial charge >= 0.3 is 0 Å². The Morgan fingerprint density at radius 1 is 1.47 bits per heavy atom. The van der Waals surface area contributed by atoms with Crippen molar-refractivity contribution in [2.45, 2.75) is 12.0 Å². The van der Waals surface area contributed by atoms with Gasteiger partial charge in [0.05, 0.1) is 16.8 Å². The van der Waals surface area contributed by atoms with Gasteiger partial charge in [0, 0.05) is 26.1 Å². The molecule has 2 nitrogen and oxygen atoms in total. The highest BCUT2D eigenvalue weighted by molar-refractivity contribution is 6.33. The van der Waals surface area contributed by atoms with Crippen molar-refractivity contribution in [1.29, 1.82) is 0 Å². The van der Waals surface area contributed by atoms with Crippen LogP contribution >= 0.6 is 23.2 Å². The molecule has 0 aliphatic carbocycles. The fraction of sp³-hybridized carbons (Fsp3) is 0.455. The van der Waals surface area contributed by atoms with Crippen LogP contribution in [-0.2, 0) is 10.6 Å². The smallest absolute Gasteiger partial charge is 0.0920 e. The number of ether oxygens (including phenoxy) is 1. The number of para-hydroxylation sites is 1. The van der Waals surface area contributed by atoms with E-state index in [1.807, 2.05) is 18.2 Å². The molecule has 0 radical (unpaired) electrons. The lowest BCUT2D eigenvalue weighted by molar-refractivity contribution is 0.0787. The molecule has 0 spiro atoms. The molecule has 1 aromatic rings. The normalized spacial score (nSPS) is 16.6. The molecule has 15 heavy (non-hydrogen) atoms. The maximum Gasteiger partial charge on any atom is 0.0920 e. The summed E-state index contributed by atoms with van der Waals surface area (Å²) < 4.78 is 5.23. The lowest BCUT2D eigenvalue weighted by atomic mass is 10.1. The highest BCUT2D eigenvalue weighted by atomic mass is 35.5. The zero-order chi connectivity index (χ0) is 10.8. The number of anilines is 1. The number of halogens is 2. The fourth-order valence-electron chi connectivity index (χ4n) is 1.79. The van der Waals surface area contributed by atoms with Crippen molar-refractivity contribution in [2.75, 3.05) is 25.1 Å². The van der Waals surface area contributed by atoms with Crippen LogP contribution in [0.3, 0.4) is 0 Å². The summed E-state index contributed by atoms with van der Waals surface area (Å²) in [5.41, 5.74) is 2.14. The van der Waals surface area contributed by atoms with Crippen molar-refractivity contribution < 1.29 is 4.74 Å². The quantitative estimate of drug-likeness (QED) is 0.760. The molecule has 0 aromatic heterocycles. The second-order valence-corrected chi connectivity index (χ2v) is 4.32. The summed E-state index contributed by atoms with van der Waals surface area (Å²) in [7, 11) is 1.73. The van der Waals surface area contributed by atoms with E-state index < -0.39 is 0 Å². The van der Waals surface area contributed by atoms with Crippen molar-refractivity contribution in [3.63, 3.8) is 0 Å². The minimum absolute atomic E-state index is 0.324. The maximum absolute atomic E-state index is 6.17. The predicted octanol–water partition coefficient (Wildman–Crippen LogP) is 2.91. The molecule has 1 aliphatic rings. The van der Waals surface area contributed by atoms with Crippen LogP contribution in [0.2, 0.25) is 5.02 Å². The van der Waals surface area contributed by atoms with Gasteiger partial charge in [-0.2, -0.15) is 0 Å². The Morgan fingerprint density at radius 3 is 2.80 bits per heavy atom. The number of methoxy groups -OCH3 is 1. The number of alkyl halides is 1. The van der Waals surface area contributed by atoms with Gasteiger partial charge in [0.25, 0.3) is 0 Å². The Morgan fingerprint density at radius 2 is 2.20 bits per heavy atom. The van der Waals surface area contributed by atoms with Crippen LogP contribution in [0.15, 0.2) is 18.2 Å². The second-order valence-electron chi connectivity index (χ2n) is 3.64. The van der Waals surface area contributed by atoms with E-state index in [4.69, 9.17) is 27.9 Å². The van der Waals surface area contributed by atoms with Gasteiger partial charge in [0.15, 0.2) is 0 Å². The lowest BCUT2D eigenvalue weighted by Crippen LogP contribution is -2.52. The van der Waals surface area contributed by atoms with E-state index in [1.54, 1.807) is 7.11 Å². The van der Waals surface area contributed by atoms with Gasteiger partial charge in [-0.25, -0.2) is 0 Å². The molecule has 2 rings (SSSR count). The van der Waals surface area contributed by atoms with Gasteiger partial charge < -0.3 is 9.64 Å². The van der Waals surface area contributed by atoms with Gasteiger partial charge in [-0.3, -0.25) is 0 Å². The highest BCUT2D eigenvalue weighted by Crippen LogP contribution is 2.34. The number of benzene rings is 1. The van der Waals surface area contributed by atoms with Crippen LogP contribution in [0.1, 0.15) is 5.56 Å². The van der Waals surface area contributed by atoms with E-state index in [2.05, 4.69) is 4.90 Å². The number of nitrogens with zero attached hydrogens (tertiary/aromatic N) is 1. The van der Waals surface area contributed by atoms with E-state index in [1.165, 1.54) is 0 Å². The maximum atomic E-state index is 6.17. The highest BCUT2D eigenvalue weighted by Gasteiger charge is 2.29. The van der Waals surface area contributed by atoms with E-state index in [0.29, 0.717) is 12.0 Å². The predicted molar refractivity (Wildman–Crippen MR) is 64.0 cm³/mol. The van der Waals surface area contributed by atoms with E-state index in [9.17, 15) is 0 Å². The molecule has 0 unspecified atom stereocenters. The molecule has 0 saturated carbocycles. The van der Waals surface area contributed by atoms with Gasteiger partial charge in [-0.05, 0) is 11.6 Å². The molecule has 0 N–H and O–H groups in total. The van der Waals surface area contributed by atoms with Gasteiger partial charge in [-0.15, -0.1) is 11.6 Å². The lowest BCUT2D eigenvalue weighted by Gasteiger charge is -2.41. The first-order valence-corrected chi connectivity index (χ1v) is 5.78. The average molecular weight is 246 g/mol. The van der Waals surface area contributed by atoms with E-state index in [-0.39, 0.29) is 0 Å². The van der Waals surface area contributed by atoms with Crippen LogP contribution in [0, 0.1) is 0 Å². The third kappa shape index (κ3) is 2.07. The molecule has 0 atom stereocenters. The molecule has 1 saturated heterocycles. The molecule has 0 bridgehead atoms. The number of rotatable bonds is 3. The van der Waals surface area contributed by atoms with E-state index >= 15 is 0 Å². The van der Waals surface area contributed by atoms with Crippen molar-refractivity contribution in [3.05, 3.63) is 28.8 Å². The monoisotopic (exact) mass is 245 g/mol. The molecule has 4 heteroatoms. The van der Waals surface area contributed by atoms with Crippen molar-refractivity contribution in [3.8, 4) is 0 Å². The molecule has 82 valence electrons. The standard InChI is InChI=1S/C11H13Cl2NO/c1-15-9-6-14(7-9)11-8(5-12)3-2-4-10(11)13/h2-4,9H,5-7H2,1H3. The molecule has 1 heterocycles. The molecular weight excluding hydrogens is 233 g/mol. The van der Waals surface area contributed by atoms with Gasteiger partial charge in [-0.1, -0.05) is 23.7 Å². The van der Waals surface area contributed by atoms with Crippen LogP contribution in [0.5, 0.6) is 0 Å². The van der Waals surface area contributed by atoms with Crippen molar-refractivity contribution in [1.82, 2.24) is 0 Å². The average Bonchev–Trinajstić information content (AvgIpc) is 2.18. The Bertz CT molecular complexity index is 350. The largest absolute Gasteiger partial charge is 0.378 e. The first-order chi connectivity index (χ1) is 7.26. The van der Waals surface area contributed by atoms with Crippen LogP contribution in [-0.4, -0.2) is 26.3 Å². The minimum Gasteiger partial charge on any atom is -0.378 e. The zero-order valence-corrected chi connectivity index (χ0v) is 10.1. The first-order valence-electron chi connectivity index (χ1n) is 4.87. The van der Waals surface area contributed by atoms with Crippen LogP contribution in [0.4, 0.5) is 5.69 Å². The summed E-state index contributed by atoms with van der Waals surface area (Å²) in [5.74, 6) is 0.490. The summed E-state index contributed by atoms with van der Waals surface area (Å²) >= 11 is 12.0. The van der Waals surface area contributed by atoms with Gasteiger partial charge in [0.2, 0.25) is 0 Å². The SMILES string of the molecule is COC1CN(c2c(Cl)cccc2CCl)C1. The Kier molecular flexibility index (Phi) is 3.39. The summed E-state index contributed by atoms with van der Waals surface area (Å²) in [6, 6.07) is 5.83. The molecule has 1 fully saturated rings. The summed E-state index contributed by atoms with van der Waals surface area (Å²) in [6.07, 6.45) is 0.324. The first kappa shape index (κ1) is 11.1. The summed E-state index contributed by atoms with van der Waals surface area (Å²) in [4.78, 5) is 2.20. The second kappa shape index (κ2) is 4.60.